The lowest BCUT2D eigenvalue weighted by Gasteiger charge is -2.62. The second-order valence-electron chi connectivity index (χ2n) is 11.3. The number of hydrogen-bond acceptors (Lipinski definition) is 3. The van der Waals surface area contributed by atoms with Crippen molar-refractivity contribution in [2.24, 2.45) is 46.3 Å². The summed E-state index contributed by atoms with van der Waals surface area (Å²) in [6.45, 7) is 6.99. The van der Waals surface area contributed by atoms with Crippen molar-refractivity contribution in [3.63, 3.8) is 0 Å². The van der Waals surface area contributed by atoms with Gasteiger partial charge in [-0.25, -0.2) is 0 Å². The maximum absolute atomic E-state index is 11.5. The van der Waals surface area contributed by atoms with Crippen molar-refractivity contribution in [3.05, 3.63) is 0 Å². The van der Waals surface area contributed by atoms with Crippen molar-refractivity contribution in [2.75, 3.05) is 0 Å². The molecule has 4 aliphatic rings. The van der Waals surface area contributed by atoms with E-state index in [0.29, 0.717) is 35.5 Å². The van der Waals surface area contributed by atoms with Crippen LogP contribution < -0.4 is 0 Å². The molecule has 4 fully saturated rings. The first-order chi connectivity index (χ1) is 13.2. The molecule has 4 aliphatic carbocycles. The van der Waals surface area contributed by atoms with E-state index in [1.54, 1.807) is 0 Å². The van der Waals surface area contributed by atoms with E-state index in [2.05, 4.69) is 20.8 Å². The van der Waals surface area contributed by atoms with Crippen molar-refractivity contribution < 1.29 is 20.1 Å². The fourth-order valence-corrected chi connectivity index (χ4v) is 8.71. The van der Waals surface area contributed by atoms with Crippen LogP contribution in [0.15, 0.2) is 0 Å². The topological polar surface area (TPSA) is 77.8 Å². The van der Waals surface area contributed by atoms with Crippen LogP contribution in [0.25, 0.3) is 0 Å². The van der Waals surface area contributed by atoms with E-state index in [1.807, 2.05) is 0 Å². The van der Waals surface area contributed by atoms with Crippen molar-refractivity contribution in [1.82, 2.24) is 0 Å². The Balaban J connectivity index is 1.56. The van der Waals surface area contributed by atoms with E-state index in [1.165, 1.54) is 19.3 Å². The lowest BCUT2D eigenvalue weighted by Crippen LogP contribution is -2.58. The van der Waals surface area contributed by atoms with Gasteiger partial charge in [-0.2, -0.15) is 0 Å². The van der Waals surface area contributed by atoms with Gasteiger partial charge in [0, 0.05) is 6.42 Å². The van der Waals surface area contributed by atoms with Crippen LogP contribution in [0.3, 0.4) is 0 Å². The second kappa shape index (κ2) is 7.27. The summed E-state index contributed by atoms with van der Waals surface area (Å²) in [5.74, 6) is 2.55. The SMILES string of the molecule is C[C@H](CCC(=O)O)[C@@H]1CC[C@H]2[C@H]3CC[C@H]4C[C@@H](O)CC[C@]4(C)[C@H]3C[C@@H](O)[C@@]21C. The number of hydrogen-bond donors (Lipinski definition) is 3. The summed E-state index contributed by atoms with van der Waals surface area (Å²) in [4.78, 5) is 11.1. The molecule has 28 heavy (non-hydrogen) atoms. The fourth-order valence-electron chi connectivity index (χ4n) is 8.71. The molecule has 160 valence electrons. The van der Waals surface area contributed by atoms with Gasteiger partial charge in [0.1, 0.15) is 0 Å². The zero-order valence-corrected chi connectivity index (χ0v) is 17.9. The maximum atomic E-state index is 11.5. The minimum Gasteiger partial charge on any atom is -0.481 e. The van der Waals surface area contributed by atoms with Gasteiger partial charge in [0.05, 0.1) is 12.2 Å². The first kappa shape index (κ1) is 20.7. The average Bonchev–Trinajstić information content (AvgIpc) is 3.00. The molecule has 4 rings (SSSR count). The van der Waals surface area contributed by atoms with Crippen LogP contribution in [0.2, 0.25) is 0 Å². The minimum absolute atomic E-state index is 0.0591. The summed E-state index contributed by atoms with van der Waals surface area (Å²) in [6, 6.07) is 0. The van der Waals surface area contributed by atoms with E-state index in [0.717, 1.165) is 38.5 Å². The van der Waals surface area contributed by atoms with E-state index >= 15 is 0 Å². The third-order valence-corrected chi connectivity index (χ3v) is 10.3. The Morgan fingerprint density at radius 1 is 1.04 bits per heavy atom. The Hall–Kier alpha value is -0.610. The molecule has 0 heterocycles. The molecular weight excluding hydrogens is 352 g/mol. The van der Waals surface area contributed by atoms with Crippen LogP contribution in [0.1, 0.15) is 85.0 Å². The molecule has 0 amide bonds. The molecule has 0 unspecified atom stereocenters. The molecule has 0 aromatic rings. The number of carboxylic acids is 1. The molecule has 0 saturated heterocycles. The summed E-state index contributed by atoms with van der Waals surface area (Å²) in [5, 5.41) is 30.8. The monoisotopic (exact) mass is 392 g/mol. The standard InChI is InChI=1S/C24H40O4/c1-14(4-9-22(27)28)18-7-8-19-17-6-5-15-12-16(25)10-11-23(15,2)20(17)13-21(26)24(18,19)3/h14-21,25-26H,4-13H2,1-3H3,(H,27,28)/t14-,15+,16+,17-,18+,19+,20+,21-,23+,24-/m1/s1. The van der Waals surface area contributed by atoms with Crippen LogP contribution in [0.5, 0.6) is 0 Å². The van der Waals surface area contributed by atoms with Gasteiger partial charge in [-0.3, -0.25) is 4.79 Å². The zero-order valence-electron chi connectivity index (χ0n) is 17.9. The summed E-state index contributed by atoms with van der Waals surface area (Å²) in [7, 11) is 0. The largest absolute Gasteiger partial charge is 0.481 e. The van der Waals surface area contributed by atoms with Crippen molar-refractivity contribution >= 4 is 5.97 Å². The average molecular weight is 393 g/mol. The van der Waals surface area contributed by atoms with Crippen molar-refractivity contribution in [3.8, 4) is 0 Å². The zero-order chi connectivity index (χ0) is 20.3. The molecule has 4 nitrogen and oxygen atoms in total. The first-order valence-corrected chi connectivity index (χ1v) is 11.8. The van der Waals surface area contributed by atoms with Gasteiger partial charge in [-0.1, -0.05) is 20.8 Å². The van der Waals surface area contributed by atoms with Crippen LogP contribution in [-0.4, -0.2) is 33.5 Å². The Labute approximate surface area is 170 Å². The third kappa shape index (κ3) is 3.05. The molecule has 0 aromatic carbocycles. The van der Waals surface area contributed by atoms with Gasteiger partial charge in [0.2, 0.25) is 0 Å². The van der Waals surface area contributed by atoms with Crippen LogP contribution >= 0.6 is 0 Å². The maximum Gasteiger partial charge on any atom is 0.303 e. The quantitative estimate of drug-likeness (QED) is 0.659. The summed E-state index contributed by atoms with van der Waals surface area (Å²) in [5.41, 5.74) is 0.216. The molecule has 3 N–H and O–H groups in total. The number of aliphatic hydroxyl groups excluding tert-OH is 2. The van der Waals surface area contributed by atoms with Crippen LogP contribution in [0.4, 0.5) is 0 Å². The Morgan fingerprint density at radius 3 is 2.50 bits per heavy atom. The van der Waals surface area contributed by atoms with E-state index in [4.69, 9.17) is 5.11 Å². The predicted molar refractivity (Wildman–Crippen MR) is 109 cm³/mol. The lowest BCUT2D eigenvalue weighted by molar-refractivity contribution is -0.175. The molecule has 0 aliphatic heterocycles. The molecule has 0 bridgehead atoms. The molecule has 0 radical (unpaired) electrons. The highest BCUT2D eigenvalue weighted by Gasteiger charge is 2.63. The van der Waals surface area contributed by atoms with Gasteiger partial charge in [0.25, 0.3) is 0 Å². The molecule has 10 atom stereocenters. The summed E-state index contributed by atoms with van der Waals surface area (Å²) >= 11 is 0. The smallest absolute Gasteiger partial charge is 0.303 e. The van der Waals surface area contributed by atoms with Gasteiger partial charge in [0.15, 0.2) is 0 Å². The molecule has 4 heteroatoms. The highest BCUT2D eigenvalue weighted by molar-refractivity contribution is 5.66. The summed E-state index contributed by atoms with van der Waals surface area (Å²) in [6.07, 6.45) is 9.26. The normalized spacial score (nSPS) is 51.7. The van der Waals surface area contributed by atoms with E-state index in [-0.39, 0.29) is 29.5 Å². The van der Waals surface area contributed by atoms with Crippen molar-refractivity contribution in [1.29, 1.82) is 0 Å². The highest BCUT2D eigenvalue weighted by Crippen LogP contribution is 2.68. The highest BCUT2D eigenvalue weighted by atomic mass is 16.4. The third-order valence-electron chi connectivity index (χ3n) is 10.3. The minimum atomic E-state index is -0.707. The van der Waals surface area contributed by atoms with Gasteiger partial charge in [-0.05, 0) is 104 Å². The Morgan fingerprint density at radius 2 is 1.79 bits per heavy atom. The number of aliphatic hydroxyl groups is 2. The van der Waals surface area contributed by atoms with Crippen LogP contribution in [0, 0.1) is 46.3 Å². The summed E-state index contributed by atoms with van der Waals surface area (Å²) < 4.78 is 0. The number of carboxylic acid groups (broad SMARTS) is 1. The van der Waals surface area contributed by atoms with Crippen molar-refractivity contribution in [2.45, 2.75) is 97.2 Å². The molecule has 4 saturated carbocycles. The second-order valence-corrected chi connectivity index (χ2v) is 11.3. The number of rotatable bonds is 4. The van der Waals surface area contributed by atoms with E-state index in [9.17, 15) is 15.0 Å². The molecule has 0 spiro atoms. The van der Waals surface area contributed by atoms with Gasteiger partial charge >= 0.3 is 5.97 Å². The first-order valence-electron chi connectivity index (χ1n) is 11.8. The van der Waals surface area contributed by atoms with Gasteiger partial charge < -0.3 is 15.3 Å². The molecular formula is C24H40O4. The number of carbonyl (C=O) groups is 1. The Kier molecular flexibility index (Phi) is 5.36. The Bertz CT molecular complexity index is 605. The van der Waals surface area contributed by atoms with E-state index < -0.39 is 5.97 Å². The van der Waals surface area contributed by atoms with Crippen LogP contribution in [-0.2, 0) is 4.79 Å². The molecule has 0 aromatic heterocycles. The number of fused-ring (bicyclic) bond motifs is 5. The van der Waals surface area contributed by atoms with Gasteiger partial charge in [-0.15, -0.1) is 0 Å². The fraction of sp³-hybridized carbons (Fsp3) is 0.958. The number of aliphatic carboxylic acids is 1. The predicted octanol–water partition coefficient (Wildman–Crippen LogP) is 4.48. The lowest BCUT2D eigenvalue weighted by atomic mass is 9.43.